The van der Waals surface area contributed by atoms with Crippen LogP contribution >= 0.6 is 0 Å². The van der Waals surface area contributed by atoms with Crippen molar-refractivity contribution in [1.29, 1.82) is 0 Å². The lowest BCUT2D eigenvalue weighted by Gasteiger charge is -2.35. The van der Waals surface area contributed by atoms with Gasteiger partial charge in [-0.25, -0.2) is 0 Å². The number of carbonyl (C=O) groups is 1. The van der Waals surface area contributed by atoms with Gasteiger partial charge in [0.2, 0.25) is 0 Å². The van der Waals surface area contributed by atoms with Crippen molar-refractivity contribution in [3.8, 4) is 0 Å². The van der Waals surface area contributed by atoms with Crippen molar-refractivity contribution in [3.05, 3.63) is 0 Å². The van der Waals surface area contributed by atoms with Gasteiger partial charge in [0, 0.05) is 12.6 Å². The predicted molar refractivity (Wildman–Crippen MR) is 69.0 cm³/mol. The third kappa shape index (κ3) is 5.50. The summed E-state index contributed by atoms with van der Waals surface area (Å²) in [6, 6.07) is 0.500. The zero-order chi connectivity index (χ0) is 12.5. The molecule has 1 aliphatic heterocycles. The molecule has 1 N–H and O–H groups in total. The van der Waals surface area contributed by atoms with E-state index in [1.54, 1.807) is 0 Å². The average molecular weight is 242 g/mol. The molecule has 0 aromatic rings. The van der Waals surface area contributed by atoms with Gasteiger partial charge in [0.15, 0.2) is 0 Å². The molecule has 0 spiro atoms. The van der Waals surface area contributed by atoms with Crippen LogP contribution < -0.4 is 5.32 Å². The van der Waals surface area contributed by atoms with E-state index in [9.17, 15) is 4.79 Å². The summed E-state index contributed by atoms with van der Waals surface area (Å²) >= 11 is 0. The van der Waals surface area contributed by atoms with Crippen molar-refractivity contribution in [2.45, 2.75) is 45.6 Å². The molecule has 17 heavy (non-hydrogen) atoms. The van der Waals surface area contributed by atoms with Crippen LogP contribution in [-0.2, 0) is 9.53 Å². The minimum absolute atomic E-state index is 0.0881. The highest BCUT2D eigenvalue weighted by Gasteiger charge is 2.24. The molecule has 4 heteroatoms. The summed E-state index contributed by atoms with van der Waals surface area (Å²) in [6.07, 6.45) is 4.82. The zero-order valence-electron chi connectivity index (χ0n) is 11.2. The second kappa shape index (κ2) is 8.48. The maximum Gasteiger partial charge on any atom is 0.320 e. The fourth-order valence-electron chi connectivity index (χ4n) is 2.32. The number of ether oxygens (including phenoxy) is 1. The number of rotatable bonds is 7. The van der Waals surface area contributed by atoms with E-state index in [0.717, 1.165) is 26.1 Å². The van der Waals surface area contributed by atoms with E-state index in [2.05, 4.69) is 17.1 Å². The number of likely N-dealkylation sites (tertiary alicyclic amines) is 1. The first-order valence-electron chi connectivity index (χ1n) is 6.88. The summed E-state index contributed by atoms with van der Waals surface area (Å²) in [7, 11) is 0. The molecule has 1 fully saturated rings. The first kappa shape index (κ1) is 14.5. The van der Waals surface area contributed by atoms with Gasteiger partial charge in [-0.3, -0.25) is 9.69 Å². The number of nitrogens with one attached hydrogen (secondary N) is 1. The maximum atomic E-state index is 11.5. The molecule has 1 heterocycles. The Morgan fingerprint density at radius 3 is 2.94 bits per heavy atom. The topological polar surface area (TPSA) is 41.6 Å². The van der Waals surface area contributed by atoms with E-state index < -0.39 is 0 Å². The Morgan fingerprint density at radius 1 is 1.41 bits per heavy atom. The van der Waals surface area contributed by atoms with E-state index in [1.807, 2.05) is 6.92 Å². The molecule has 0 aromatic heterocycles. The Labute approximate surface area is 105 Å². The van der Waals surface area contributed by atoms with Crippen molar-refractivity contribution in [2.24, 2.45) is 0 Å². The Hall–Kier alpha value is -0.610. The number of piperidine rings is 1. The van der Waals surface area contributed by atoms with E-state index in [-0.39, 0.29) is 5.97 Å². The van der Waals surface area contributed by atoms with E-state index in [0.29, 0.717) is 19.2 Å². The van der Waals surface area contributed by atoms with Crippen molar-refractivity contribution >= 4 is 5.97 Å². The van der Waals surface area contributed by atoms with Gasteiger partial charge >= 0.3 is 5.97 Å². The lowest BCUT2D eigenvalue weighted by Crippen LogP contribution is -2.47. The molecule has 1 rings (SSSR count). The smallest absolute Gasteiger partial charge is 0.320 e. The quantitative estimate of drug-likeness (QED) is 0.541. The number of carbonyl (C=O) groups excluding carboxylic acids is 1. The first-order valence-corrected chi connectivity index (χ1v) is 6.88. The summed E-state index contributed by atoms with van der Waals surface area (Å²) < 4.78 is 5.02. The van der Waals surface area contributed by atoms with Crippen LogP contribution in [-0.4, -0.2) is 49.7 Å². The van der Waals surface area contributed by atoms with Gasteiger partial charge < -0.3 is 10.1 Å². The lowest BCUT2D eigenvalue weighted by molar-refractivity contribution is -0.145. The Bertz CT molecular complexity index is 221. The van der Waals surface area contributed by atoms with Crippen LogP contribution in [0.4, 0.5) is 0 Å². The Kier molecular flexibility index (Phi) is 7.21. The summed E-state index contributed by atoms with van der Waals surface area (Å²) in [5.74, 6) is -0.0881. The highest BCUT2D eigenvalue weighted by Crippen LogP contribution is 2.16. The normalized spacial score (nSPS) is 21.4. The minimum atomic E-state index is -0.0881. The van der Waals surface area contributed by atoms with Crippen molar-refractivity contribution in [1.82, 2.24) is 10.2 Å². The van der Waals surface area contributed by atoms with Crippen LogP contribution in [0.1, 0.15) is 39.5 Å². The average Bonchev–Trinajstić information content (AvgIpc) is 2.32. The molecule has 4 nitrogen and oxygen atoms in total. The molecule has 1 aliphatic rings. The number of esters is 1. The fraction of sp³-hybridized carbons (Fsp3) is 0.923. The molecule has 1 atom stereocenters. The van der Waals surface area contributed by atoms with Crippen LogP contribution in [0.2, 0.25) is 0 Å². The van der Waals surface area contributed by atoms with Gasteiger partial charge in [0.25, 0.3) is 0 Å². The third-order valence-corrected chi connectivity index (χ3v) is 3.19. The van der Waals surface area contributed by atoms with E-state index in [4.69, 9.17) is 4.74 Å². The number of hydrogen-bond donors (Lipinski definition) is 1. The van der Waals surface area contributed by atoms with Crippen LogP contribution in [0.5, 0.6) is 0 Å². The molecule has 0 radical (unpaired) electrons. The fourth-order valence-corrected chi connectivity index (χ4v) is 2.32. The SMILES string of the molecule is CCCNCC1CCCCN1CC(=O)OCC. The molecule has 100 valence electrons. The molecule has 0 aliphatic carbocycles. The third-order valence-electron chi connectivity index (χ3n) is 3.19. The predicted octanol–water partition coefficient (Wildman–Crippen LogP) is 1.40. The number of hydrogen-bond acceptors (Lipinski definition) is 4. The zero-order valence-corrected chi connectivity index (χ0v) is 11.2. The van der Waals surface area contributed by atoms with Crippen molar-refractivity contribution in [2.75, 3.05) is 32.8 Å². The van der Waals surface area contributed by atoms with Crippen molar-refractivity contribution < 1.29 is 9.53 Å². The van der Waals surface area contributed by atoms with Crippen LogP contribution in [0.3, 0.4) is 0 Å². The summed E-state index contributed by atoms with van der Waals surface area (Å²) in [6.45, 7) is 8.03. The summed E-state index contributed by atoms with van der Waals surface area (Å²) in [4.78, 5) is 13.8. The second-order valence-corrected chi connectivity index (χ2v) is 4.63. The summed E-state index contributed by atoms with van der Waals surface area (Å²) in [5, 5.41) is 3.45. The molecule has 0 aromatic carbocycles. The van der Waals surface area contributed by atoms with Gasteiger partial charge in [-0.1, -0.05) is 13.3 Å². The molecule has 0 bridgehead atoms. The van der Waals surface area contributed by atoms with E-state index >= 15 is 0 Å². The van der Waals surface area contributed by atoms with Crippen LogP contribution in [0.15, 0.2) is 0 Å². The minimum Gasteiger partial charge on any atom is -0.465 e. The van der Waals surface area contributed by atoms with Gasteiger partial charge in [0.1, 0.15) is 0 Å². The van der Waals surface area contributed by atoms with Crippen LogP contribution in [0, 0.1) is 0 Å². The second-order valence-electron chi connectivity index (χ2n) is 4.63. The maximum absolute atomic E-state index is 11.5. The Balaban J connectivity index is 2.33. The van der Waals surface area contributed by atoms with E-state index in [1.165, 1.54) is 19.3 Å². The van der Waals surface area contributed by atoms with Gasteiger partial charge in [-0.05, 0) is 39.3 Å². The first-order chi connectivity index (χ1) is 8.27. The van der Waals surface area contributed by atoms with Crippen molar-refractivity contribution in [3.63, 3.8) is 0 Å². The Morgan fingerprint density at radius 2 is 2.24 bits per heavy atom. The summed E-state index contributed by atoms with van der Waals surface area (Å²) in [5.41, 5.74) is 0. The molecule has 1 saturated heterocycles. The molecule has 1 unspecified atom stereocenters. The standard InChI is InChI=1S/C13H26N2O2/c1-3-8-14-10-12-7-5-6-9-15(12)11-13(16)17-4-2/h12,14H,3-11H2,1-2H3. The molecule has 0 saturated carbocycles. The highest BCUT2D eigenvalue weighted by atomic mass is 16.5. The lowest BCUT2D eigenvalue weighted by atomic mass is 10.0. The monoisotopic (exact) mass is 242 g/mol. The molecular formula is C13H26N2O2. The largest absolute Gasteiger partial charge is 0.465 e. The van der Waals surface area contributed by atoms with Crippen LogP contribution in [0.25, 0.3) is 0 Å². The van der Waals surface area contributed by atoms with Gasteiger partial charge in [-0.2, -0.15) is 0 Å². The molecule has 0 amide bonds. The highest BCUT2D eigenvalue weighted by molar-refractivity contribution is 5.71. The molecular weight excluding hydrogens is 216 g/mol. The van der Waals surface area contributed by atoms with Gasteiger partial charge in [-0.15, -0.1) is 0 Å². The van der Waals surface area contributed by atoms with Gasteiger partial charge in [0.05, 0.1) is 13.2 Å². The number of nitrogens with zero attached hydrogens (tertiary/aromatic N) is 1.